The number of aromatic nitrogens is 3. The Morgan fingerprint density at radius 3 is 3.04 bits per heavy atom. The van der Waals surface area contributed by atoms with Crippen molar-refractivity contribution < 1.29 is 14.3 Å². The molecule has 2 N–H and O–H groups in total. The summed E-state index contributed by atoms with van der Waals surface area (Å²) in [6.45, 7) is 1.63. The van der Waals surface area contributed by atoms with Crippen molar-refractivity contribution in [1.29, 1.82) is 0 Å². The van der Waals surface area contributed by atoms with Gasteiger partial charge in [0, 0.05) is 12.3 Å². The SMILES string of the molecule is CC1Oc2c(cccc2C(=O)Nc2ccnc3ccnn23)NC1=O. The van der Waals surface area contributed by atoms with Gasteiger partial charge in [0.25, 0.3) is 11.8 Å². The molecule has 1 aromatic carbocycles. The van der Waals surface area contributed by atoms with E-state index < -0.39 is 6.10 Å². The molecule has 1 unspecified atom stereocenters. The molecule has 0 saturated heterocycles. The lowest BCUT2D eigenvalue weighted by molar-refractivity contribution is -0.122. The van der Waals surface area contributed by atoms with Crippen molar-refractivity contribution in [3.8, 4) is 5.75 Å². The number of anilines is 2. The molecular weight excluding hydrogens is 310 g/mol. The predicted octanol–water partition coefficient (Wildman–Crippen LogP) is 1.70. The highest BCUT2D eigenvalue weighted by molar-refractivity contribution is 6.09. The molecule has 0 fully saturated rings. The van der Waals surface area contributed by atoms with Gasteiger partial charge in [-0.2, -0.15) is 9.61 Å². The van der Waals surface area contributed by atoms with Gasteiger partial charge in [0.1, 0.15) is 5.82 Å². The van der Waals surface area contributed by atoms with Crippen molar-refractivity contribution in [2.24, 2.45) is 0 Å². The molecule has 120 valence electrons. The van der Waals surface area contributed by atoms with Crippen LogP contribution in [0, 0.1) is 0 Å². The molecule has 8 nitrogen and oxygen atoms in total. The molecule has 0 spiro atoms. The maximum atomic E-state index is 12.7. The largest absolute Gasteiger partial charge is 0.478 e. The number of carbonyl (C=O) groups is 2. The van der Waals surface area contributed by atoms with E-state index in [9.17, 15) is 9.59 Å². The maximum absolute atomic E-state index is 12.7. The van der Waals surface area contributed by atoms with E-state index in [4.69, 9.17) is 4.74 Å². The normalized spacial score (nSPS) is 16.2. The summed E-state index contributed by atoms with van der Waals surface area (Å²) < 4.78 is 7.13. The van der Waals surface area contributed by atoms with Gasteiger partial charge in [-0.1, -0.05) is 6.07 Å². The number of para-hydroxylation sites is 1. The third-order valence-electron chi connectivity index (χ3n) is 3.71. The van der Waals surface area contributed by atoms with Crippen molar-refractivity contribution in [3.63, 3.8) is 0 Å². The Morgan fingerprint density at radius 1 is 1.29 bits per heavy atom. The summed E-state index contributed by atoms with van der Waals surface area (Å²) >= 11 is 0. The highest BCUT2D eigenvalue weighted by Gasteiger charge is 2.27. The number of amides is 2. The molecule has 8 heteroatoms. The van der Waals surface area contributed by atoms with Crippen molar-refractivity contribution in [3.05, 3.63) is 48.3 Å². The Kier molecular flexibility index (Phi) is 3.16. The number of hydrogen-bond acceptors (Lipinski definition) is 5. The van der Waals surface area contributed by atoms with E-state index in [1.807, 2.05) is 0 Å². The van der Waals surface area contributed by atoms with Gasteiger partial charge >= 0.3 is 0 Å². The van der Waals surface area contributed by atoms with Crippen LogP contribution in [-0.2, 0) is 4.79 Å². The second-order valence-corrected chi connectivity index (χ2v) is 5.32. The van der Waals surface area contributed by atoms with Crippen LogP contribution in [0.15, 0.2) is 42.7 Å². The molecule has 0 radical (unpaired) electrons. The van der Waals surface area contributed by atoms with E-state index >= 15 is 0 Å². The van der Waals surface area contributed by atoms with Gasteiger partial charge in [0.15, 0.2) is 17.5 Å². The molecule has 0 bridgehead atoms. The molecule has 0 saturated carbocycles. The standard InChI is InChI=1S/C16H13N5O3/c1-9-15(22)19-11-4-2-3-10(14(11)24-9)16(23)20-13-5-7-17-12-6-8-18-21(12)13/h2-9H,1H3,(H,19,22)(H,20,23). The zero-order valence-corrected chi connectivity index (χ0v) is 12.7. The fraction of sp³-hybridized carbons (Fsp3) is 0.125. The molecule has 0 aliphatic carbocycles. The van der Waals surface area contributed by atoms with E-state index in [1.54, 1.807) is 49.6 Å². The fourth-order valence-corrected chi connectivity index (χ4v) is 2.52. The summed E-state index contributed by atoms with van der Waals surface area (Å²) in [5.74, 6) is 0.235. The Labute approximate surface area is 136 Å². The van der Waals surface area contributed by atoms with E-state index in [0.717, 1.165) is 0 Å². The summed E-state index contributed by atoms with van der Waals surface area (Å²) in [4.78, 5) is 28.5. The number of benzene rings is 1. The predicted molar refractivity (Wildman–Crippen MR) is 86.1 cm³/mol. The second-order valence-electron chi connectivity index (χ2n) is 5.32. The fourth-order valence-electron chi connectivity index (χ4n) is 2.52. The third-order valence-corrected chi connectivity index (χ3v) is 3.71. The molecule has 3 aromatic rings. The van der Waals surface area contributed by atoms with Gasteiger partial charge < -0.3 is 15.4 Å². The first-order valence-corrected chi connectivity index (χ1v) is 7.34. The zero-order chi connectivity index (χ0) is 16.7. The summed E-state index contributed by atoms with van der Waals surface area (Å²) in [6, 6.07) is 8.40. The molecule has 1 atom stereocenters. The number of nitrogens with zero attached hydrogens (tertiary/aromatic N) is 3. The summed E-state index contributed by atoms with van der Waals surface area (Å²) in [6.07, 6.45) is 2.53. The van der Waals surface area contributed by atoms with Crippen LogP contribution in [0.25, 0.3) is 5.65 Å². The van der Waals surface area contributed by atoms with Gasteiger partial charge in [-0.05, 0) is 25.1 Å². The van der Waals surface area contributed by atoms with Crippen molar-refractivity contribution in [2.75, 3.05) is 10.6 Å². The van der Waals surface area contributed by atoms with E-state index in [1.165, 1.54) is 4.52 Å². The first kappa shape index (κ1) is 14.2. The van der Waals surface area contributed by atoms with Crippen LogP contribution in [0.1, 0.15) is 17.3 Å². The van der Waals surface area contributed by atoms with Crippen LogP contribution >= 0.6 is 0 Å². The zero-order valence-electron chi connectivity index (χ0n) is 12.7. The number of rotatable bonds is 2. The Bertz CT molecular complexity index is 965. The smallest absolute Gasteiger partial charge is 0.265 e. The van der Waals surface area contributed by atoms with Crippen LogP contribution in [0.4, 0.5) is 11.5 Å². The summed E-state index contributed by atoms with van der Waals surface area (Å²) in [5.41, 5.74) is 1.43. The molecule has 24 heavy (non-hydrogen) atoms. The van der Waals surface area contributed by atoms with E-state index in [2.05, 4.69) is 20.7 Å². The number of carbonyl (C=O) groups excluding carboxylic acids is 2. The lowest BCUT2D eigenvalue weighted by atomic mass is 10.1. The van der Waals surface area contributed by atoms with Crippen LogP contribution in [0.5, 0.6) is 5.75 Å². The van der Waals surface area contributed by atoms with E-state index in [-0.39, 0.29) is 11.8 Å². The summed E-state index contributed by atoms with van der Waals surface area (Å²) in [7, 11) is 0. The highest BCUT2D eigenvalue weighted by Crippen LogP contribution is 2.33. The molecule has 2 amide bonds. The first-order valence-electron chi connectivity index (χ1n) is 7.34. The molecule has 2 aromatic heterocycles. The van der Waals surface area contributed by atoms with Crippen LogP contribution in [0.3, 0.4) is 0 Å². The number of fused-ring (bicyclic) bond motifs is 2. The van der Waals surface area contributed by atoms with Gasteiger partial charge in [0.05, 0.1) is 17.4 Å². The number of nitrogens with one attached hydrogen (secondary N) is 2. The minimum atomic E-state index is -0.662. The minimum Gasteiger partial charge on any atom is -0.478 e. The van der Waals surface area contributed by atoms with Crippen molar-refractivity contribution >= 4 is 29.0 Å². The lowest BCUT2D eigenvalue weighted by Crippen LogP contribution is -2.35. The Morgan fingerprint density at radius 2 is 2.17 bits per heavy atom. The van der Waals surface area contributed by atoms with E-state index in [0.29, 0.717) is 28.5 Å². The molecule has 3 heterocycles. The van der Waals surface area contributed by atoms with Gasteiger partial charge in [0.2, 0.25) is 0 Å². The Balaban J connectivity index is 1.70. The Hall–Kier alpha value is -3.42. The van der Waals surface area contributed by atoms with Crippen LogP contribution in [-0.4, -0.2) is 32.5 Å². The molecule has 4 rings (SSSR count). The van der Waals surface area contributed by atoms with Gasteiger partial charge in [-0.15, -0.1) is 0 Å². The maximum Gasteiger partial charge on any atom is 0.265 e. The monoisotopic (exact) mass is 323 g/mol. The number of hydrogen-bond donors (Lipinski definition) is 2. The first-order chi connectivity index (χ1) is 11.6. The topological polar surface area (TPSA) is 97.6 Å². The summed E-state index contributed by atoms with van der Waals surface area (Å²) in [5, 5.41) is 9.64. The molecule has 1 aliphatic heterocycles. The number of ether oxygens (including phenoxy) is 1. The molecular formula is C16H13N5O3. The van der Waals surface area contributed by atoms with Crippen LogP contribution in [0.2, 0.25) is 0 Å². The van der Waals surface area contributed by atoms with Gasteiger partial charge in [-0.25, -0.2) is 4.98 Å². The second kappa shape index (κ2) is 5.34. The van der Waals surface area contributed by atoms with Gasteiger partial charge in [-0.3, -0.25) is 9.59 Å². The average Bonchev–Trinajstić information content (AvgIpc) is 3.05. The third kappa shape index (κ3) is 2.24. The minimum absolute atomic E-state index is 0.243. The van der Waals surface area contributed by atoms with Crippen molar-refractivity contribution in [2.45, 2.75) is 13.0 Å². The lowest BCUT2D eigenvalue weighted by Gasteiger charge is -2.25. The molecule has 1 aliphatic rings. The average molecular weight is 323 g/mol. The van der Waals surface area contributed by atoms with Crippen molar-refractivity contribution in [1.82, 2.24) is 14.6 Å². The highest BCUT2D eigenvalue weighted by atomic mass is 16.5. The van der Waals surface area contributed by atoms with Crippen LogP contribution < -0.4 is 15.4 Å². The quantitative estimate of drug-likeness (QED) is 0.748.